The van der Waals surface area contributed by atoms with Gasteiger partial charge in [0.25, 0.3) is 0 Å². The summed E-state index contributed by atoms with van der Waals surface area (Å²) in [5.74, 6) is -1.13. The summed E-state index contributed by atoms with van der Waals surface area (Å²) >= 11 is 0. The topological polar surface area (TPSA) is 76.1 Å². The molecule has 0 aliphatic carbocycles. The van der Waals surface area contributed by atoms with E-state index in [1.54, 1.807) is 20.8 Å². The molecule has 6 nitrogen and oxygen atoms in total. The lowest BCUT2D eigenvalue weighted by atomic mass is 9.90. The Morgan fingerprint density at radius 1 is 1.22 bits per heavy atom. The highest BCUT2D eigenvalue weighted by Gasteiger charge is 2.49. The third kappa shape index (κ3) is 7.06. The van der Waals surface area contributed by atoms with Crippen molar-refractivity contribution in [1.29, 1.82) is 0 Å². The number of nitrogens with zero attached hydrogens (tertiary/aromatic N) is 1. The maximum Gasteiger partial charge on any atom is 0.410 e. The first kappa shape index (κ1) is 19.5. The molecule has 1 rings (SSSR count). The van der Waals surface area contributed by atoms with Gasteiger partial charge in [0.05, 0.1) is 19.5 Å². The zero-order valence-corrected chi connectivity index (χ0v) is 13.4. The Morgan fingerprint density at radius 3 is 2.22 bits per heavy atom. The van der Waals surface area contributed by atoms with E-state index in [1.165, 1.54) is 4.90 Å². The van der Waals surface area contributed by atoms with E-state index >= 15 is 0 Å². The monoisotopic (exact) mass is 341 g/mol. The highest BCUT2D eigenvalue weighted by atomic mass is 19.4. The molecule has 0 radical (unpaired) electrons. The van der Waals surface area contributed by atoms with Crippen molar-refractivity contribution in [1.82, 2.24) is 4.90 Å². The summed E-state index contributed by atoms with van der Waals surface area (Å²) in [6, 6.07) is 0. The van der Waals surface area contributed by atoms with Crippen LogP contribution < -0.4 is 0 Å². The summed E-state index contributed by atoms with van der Waals surface area (Å²) in [6.45, 7) is 4.85. The van der Waals surface area contributed by atoms with Crippen LogP contribution in [0.25, 0.3) is 0 Å². The number of carboxylic acid groups (broad SMARTS) is 1. The normalized spacial score (nSPS) is 17.6. The fourth-order valence-corrected chi connectivity index (χ4v) is 2.20. The molecular weight excluding hydrogens is 319 g/mol. The van der Waals surface area contributed by atoms with Gasteiger partial charge in [-0.1, -0.05) is 0 Å². The lowest BCUT2D eigenvalue weighted by Gasteiger charge is -2.48. The van der Waals surface area contributed by atoms with Crippen molar-refractivity contribution < 1.29 is 37.3 Å². The largest absolute Gasteiger partial charge is 0.481 e. The molecule has 0 atom stereocenters. The molecule has 9 heteroatoms. The molecule has 1 heterocycles. The molecule has 0 unspecified atom stereocenters. The first-order valence-corrected chi connectivity index (χ1v) is 7.22. The Labute approximate surface area is 132 Å². The Balaban J connectivity index is 2.50. The molecule has 0 saturated carbocycles. The van der Waals surface area contributed by atoms with Gasteiger partial charge in [-0.05, 0) is 27.2 Å². The van der Waals surface area contributed by atoms with Gasteiger partial charge in [0.15, 0.2) is 0 Å². The fraction of sp³-hybridized carbons (Fsp3) is 0.857. The first-order chi connectivity index (χ1) is 10.3. The maximum atomic E-state index is 12.1. The molecule has 1 aliphatic rings. The molecule has 0 bridgehead atoms. The molecular formula is C14H22F3NO5. The van der Waals surface area contributed by atoms with Crippen molar-refractivity contribution in [2.45, 2.75) is 57.4 Å². The van der Waals surface area contributed by atoms with E-state index in [1.807, 2.05) is 0 Å². The van der Waals surface area contributed by atoms with E-state index in [0.29, 0.717) is 0 Å². The number of carboxylic acids is 1. The smallest absolute Gasteiger partial charge is 0.410 e. The number of carbonyl (C=O) groups is 2. The van der Waals surface area contributed by atoms with Crippen LogP contribution in [-0.2, 0) is 14.3 Å². The summed E-state index contributed by atoms with van der Waals surface area (Å²) in [5, 5.41) is 8.92. The molecule has 0 spiro atoms. The van der Waals surface area contributed by atoms with Crippen LogP contribution in [0.1, 0.15) is 40.0 Å². The van der Waals surface area contributed by atoms with E-state index < -0.39 is 35.9 Å². The van der Waals surface area contributed by atoms with Gasteiger partial charge >= 0.3 is 18.2 Å². The van der Waals surface area contributed by atoms with Gasteiger partial charge in [0.1, 0.15) is 11.2 Å². The number of ether oxygens (including phenoxy) is 2. The van der Waals surface area contributed by atoms with Gasteiger partial charge in [-0.2, -0.15) is 13.2 Å². The van der Waals surface area contributed by atoms with Gasteiger partial charge < -0.3 is 19.5 Å². The van der Waals surface area contributed by atoms with Crippen LogP contribution in [-0.4, -0.2) is 59.1 Å². The van der Waals surface area contributed by atoms with Gasteiger partial charge in [-0.3, -0.25) is 4.79 Å². The van der Waals surface area contributed by atoms with Crippen molar-refractivity contribution in [3.63, 3.8) is 0 Å². The second-order valence-corrected chi connectivity index (χ2v) is 6.66. The van der Waals surface area contributed by atoms with Crippen molar-refractivity contribution in [3.8, 4) is 0 Å². The Morgan fingerprint density at radius 2 is 1.78 bits per heavy atom. The number of likely N-dealkylation sites (tertiary alicyclic amines) is 1. The first-order valence-electron chi connectivity index (χ1n) is 7.22. The predicted octanol–water partition coefficient (Wildman–Crippen LogP) is 2.81. The van der Waals surface area contributed by atoms with E-state index in [9.17, 15) is 22.8 Å². The summed E-state index contributed by atoms with van der Waals surface area (Å²) in [6.07, 6.45) is -6.50. The van der Waals surface area contributed by atoms with Crippen molar-refractivity contribution in [3.05, 3.63) is 0 Å². The zero-order valence-electron chi connectivity index (χ0n) is 13.4. The molecule has 1 saturated heterocycles. The Bertz CT molecular complexity index is 439. The number of aliphatic carboxylic acids is 1. The molecule has 134 valence electrons. The number of rotatable bonds is 6. The van der Waals surface area contributed by atoms with Crippen molar-refractivity contribution >= 4 is 12.1 Å². The average Bonchev–Trinajstić information content (AvgIpc) is 2.25. The van der Waals surface area contributed by atoms with Gasteiger partial charge in [0, 0.05) is 13.0 Å². The van der Waals surface area contributed by atoms with Crippen LogP contribution >= 0.6 is 0 Å². The highest BCUT2D eigenvalue weighted by molar-refractivity contribution is 5.72. The zero-order chi connectivity index (χ0) is 17.9. The van der Waals surface area contributed by atoms with E-state index in [0.717, 1.165) is 0 Å². The van der Waals surface area contributed by atoms with Crippen molar-refractivity contribution in [2.24, 2.45) is 0 Å². The predicted molar refractivity (Wildman–Crippen MR) is 74.0 cm³/mol. The molecule has 23 heavy (non-hydrogen) atoms. The number of halogens is 3. The Kier molecular flexibility index (Phi) is 5.89. The minimum absolute atomic E-state index is 0.0137. The molecule has 0 aromatic carbocycles. The van der Waals surface area contributed by atoms with E-state index in [-0.39, 0.29) is 32.5 Å². The van der Waals surface area contributed by atoms with E-state index in [2.05, 4.69) is 0 Å². The maximum absolute atomic E-state index is 12.1. The van der Waals surface area contributed by atoms with Gasteiger partial charge in [-0.25, -0.2) is 4.79 Å². The lowest BCUT2D eigenvalue weighted by Crippen LogP contribution is -2.66. The van der Waals surface area contributed by atoms with Crippen LogP contribution in [0.4, 0.5) is 18.0 Å². The second kappa shape index (κ2) is 6.94. The van der Waals surface area contributed by atoms with Crippen LogP contribution in [0.3, 0.4) is 0 Å². The summed E-state index contributed by atoms with van der Waals surface area (Å²) in [7, 11) is 0. The average molecular weight is 341 g/mol. The third-order valence-corrected chi connectivity index (χ3v) is 3.10. The second-order valence-electron chi connectivity index (χ2n) is 6.66. The minimum Gasteiger partial charge on any atom is -0.481 e. The number of hydrogen-bond donors (Lipinski definition) is 1. The Hall–Kier alpha value is -1.51. The molecule has 0 aromatic heterocycles. The lowest BCUT2D eigenvalue weighted by molar-refractivity contribution is -0.173. The quantitative estimate of drug-likeness (QED) is 0.752. The van der Waals surface area contributed by atoms with Gasteiger partial charge in [0.2, 0.25) is 0 Å². The SMILES string of the molecule is CC(C)(C)OC(=O)N1CC(CC(=O)O)(OCCCC(F)(F)F)C1. The van der Waals surface area contributed by atoms with Crippen LogP contribution in [0, 0.1) is 0 Å². The molecule has 1 aliphatic heterocycles. The summed E-state index contributed by atoms with van der Waals surface area (Å²) < 4.78 is 46.8. The van der Waals surface area contributed by atoms with Gasteiger partial charge in [-0.15, -0.1) is 0 Å². The van der Waals surface area contributed by atoms with E-state index in [4.69, 9.17) is 14.6 Å². The molecule has 0 aromatic rings. The fourth-order valence-electron chi connectivity index (χ4n) is 2.20. The van der Waals surface area contributed by atoms with Crippen LogP contribution in [0.5, 0.6) is 0 Å². The van der Waals surface area contributed by atoms with Crippen LogP contribution in [0.15, 0.2) is 0 Å². The third-order valence-electron chi connectivity index (χ3n) is 3.10. The summed E-state index contributed by atoms with van der Waals surface area (Å²) in [5.41, 5.74) is -1.83. The number of amides is 1. The highest BCUT2D eigenvalue weighted by Crippen LogP contribution is 2.31. The minimum atomic E-state index is -4.27. The number of hydrogen-bond acceptors (Lipinski definition) is 4. The van der Waals surface area contributed by atoms with Crippen molar-refractivity contribution in [2.75, 3.05) is 19.7 Å². The molecule has 1 N–H and O–H groups in total. The molecule has 1 fully saturated rings. The molecule has 1 amide bonds. The number of carbonyl (C=O) groups excluding carboxylic acids is 1. The number of alkyl halides is 3. The summed E-state index contributed by atoms with van der Waals surface area (Å²) in [4.78, 5) is 24.0. The van der Waals surface area contributed by atoms with Crippen LogP contribution in [0.2, 0.25) is 0 Å². The standard InChI is InChI=1S/C14H22F3NO5/c1-12(2,3)23-11(21)18-8-13(9-18,7-10(19)20)22-6-4-5-14(15,16)17/h4-9H2,1-3H3,(H,19,20).